The lowest BCUT2D eigenvalue weighted by Crippen LogP contribution is -2.54. The van der Waals surface area contributed by atoms with Gasteiger partial charge < -0.3 is 10.2 Å². The van der Waals surface area contributed by atoms with Crippen molar-refractivity contribution in [2.24, 2.45) is 0 Å². The van der Waals surface area contributed by atoms with Crippen molar-refractivity contribution in [1.82, 2.24) is 0 Å². The smallest absolute Gasteiger partial charge is 0.411 e. The van der Waals surface area contributed by atoms with Crippen LogP contribution in [0.15, 0.2) is 48.5 Å². The van der Waals surface area contributed by atoms with Crippen molar-refractivity contribution in [2.75, 3.05) is 0 Å². The van der Waals surface area contributed by atoms with E-state index in [-0.39, 0.29) is 0 Å². The highest BCUT2D eigenvalue weighted by atomic mass is 19.4. The molecule has 0 unspecified atom stereocenters. The second kappa shape index (κ2) is 5.36. The van der Waals surface area contributed by atoms with E-state index in [0.29, 0.717) is 24.3 Å². The first-order valence-electron chi connectivity index (χ1n) is 6.22. The monoisotopic (exact) mass is 348 g/mol. The Bertz CT molecular complexity index is 610. The summed E-state index contributed by atoms with van der Waals surface area (Å²) >= 11 is 0. The highest BCUT2D eigenvalue weighted by Gasteiger charge is 2.72. The minimum Gasteiger partial charge on any atom is -0.508 e. The van der Waals surface area contributed by atoms with E-state index >= 15 is 0 Å². The van der Waals surface area contributed by atoms with Crippen LogP contribution in [0.5, 0.6) is 11.5 Å². The topological polar surface area (TPSA) is 40.5 Å². The summed E-state index contributed by atoms with van der Waals surface area (Å²) in [6.07, 6.45) is -11.4. The van der Waals surface area contributed by atoms with Gasteiger partial charge in [0, 0.05) is 0 Å². The Morgan fingerprint density at radius 2 is 0.783 bits per heavy atom. The van der Waals surface area contributed by atoms with E-state index in [9.17, 15) is 26.3 Å². The van der Waals surface area contributed by atoms with Crippen molar-refractivity contribution in [2.45, 2.75) is 17.8 Å². The van der Waals surface area contributed by atoms with E-state index in [2.05, 4.69) is 0 Å². The molecular weight excluding hydrogens is 338 g/mol. The molecule has 0 spiro atoms. The highest BCUT2D eigenvalue weighted by Crippen LogP contribution is 2.56. The molecular formula is C15H10F6O2. The van der Waals surface area contributed by atoms with Gasteiger partial charge in [-0.3, -0.25) is 0 Å². The quantitative estimate of drug-likeness (QED) is 0.784. The Kier molecular flexibility index (Phi) is 3.96. The largest absolute Gasteiger partial charge is 0.508 e. The van der Waals surface area contributed by atoms with Gasteiger partial charge in [0.1, 0.15) is 11.5 Å². The average molecular weight is 348 g/mol. The molecule has 23 heavy (non-hydrogen) atoms. The maximum Gasteiger partial charge on any atom is 0.411 e. The maximum absolute atomic E-state index is 13.6. The van der Waals surface area contributed by atoms with Crippen LogP contribution in [-0.4, -0.2) is 22.6 Å². The predicted molar refractivity (Wildman–Crippen MR) is 69.1 cm³/mol. The standard InChI is InChI=1S/C15H10F6O2/c16-14(17,18)13(15(19,20)21,9-1-5-11(22)6-2-9)10-3-7-12(23)8-4-10/h1-8,22-23H/i1+1,2+1,3+1,4+1,5+1,6+1,7+1,8+1,9+1,10+1,11+1,12+1. The van der Waals surface area contributed by atoms with Crippen molar-refractivity contribution >= 4 is 0 Å². The molecule has 0 saturated heterocycles. The molecule has 0 aromatic heterocycles. The zero-order chi connectivity index (χ0) is 17.5. The molecule has 0 fully saturated rings. The van der Waals surface area contributed by atoms with E-state index in [1.165, 1.54) is 0 Å². The SMILES string of the molecule is O[13c]1[13cH][13cH][13c](C([13c]2[13cH][13cH][13c](O)[13cH][13cH]2)(C(F)(F)F)C(F)(F)F)[13cH][13cH]1. The number of alkyl halides is 6. The Labute approximate surface area is 126 Å². The lowest BCUT2D eigenvalue weighted by Gasteiger charge is -2.38. The van der Waals surface area contributed by atoms with Crippen LogP contribution in [0.3, 0.4) is 0 Å². The van der Waals surface area contributed by atoms with Crippen LogP contribution in [0.25, 0.3) is 0 Å². The number of halogens is 6. The maximum atomic E-state index is 13.6. The number of phenolic OH excluding ortho intramolecular Hbond substituents is 2. The number of rotatable bonds is 2. The summed E-state index contributed by atoms with van der Waals surface area (Å²) in [5, 5.41) is 18.3. The molecule has 0 bridgehead atoms. The van der Waals surface area contributed by atoms with Gasteiger partial charge in [0.15, 0.2) is 0 Å². The van der Waals surface area contributed by atoms with E-state index in [0.717, 1.165) is 24.3 Å². The third kappa shape index (κ3) is 2.69. The third-order valence-electron chi connectivity index (χ3n) is 3.45. The molecule has 2 rings (SSSR count). The summed E-state index contributed by atoms with van der Waals surface area (Å²) in [6.45, 7) is 0. The second-order valence-electron chi connectivity index (χ2n) is 4.84. The Balaban J connectivity index is 2.86. The number of phenols is 2. The molecule has 2 aromatic carbocycles. The van der Waals surface area contributed by atoms with Gasteiger partial charge in [0.25, 0.3) is 0 Å². The van der Waals surface area contributed by atoms with Crippen molar-refractivity contribution in [3.63, 3.8) is 0 Å². The molecule has 2 nitrogen and oxygen atoms in total. The Morgan fingerprint density at radius 3 is 1.00 bits per heavy atom. The highest BCUT2D eigenvalue weighted by molar-refractivity contribution is 5.46. The first-order chi connectivity index (χ1) is 10.5. The fourth-order valence-corrected chi connectivity index (χ4v) is 2.40. The van der Waals surface area contributed by atoms with E-state index in [1.54, 1.807) is 0 Å². The normalized spacial score (nSPS) is 13.1. The molecule has 8 heteroatoms. The molecule has 0 radical (unpaired) electrons. The summed E-state index contributed by atoms with van der Waals surface area (Å²) < 4.78 is 81.6. The van der Waals surface area contributed by atoms with Crippen LogP contribution < -0.4 is 0 Å². The zero-order valence-corrected chi connectivity index (χ0v) is 11.3. The third-order valence-corrected chi connectivity index (χ3v) is 3.45. The van der Waals surface area contributed by atoms with Gasteiger partial charge in [0.05, 0.1) is 0 Å². The first-order valence-corrected chi connectivity index (χ1v) is 6.22. The molecule has 0 aliphatic heterocycles. The molecule has 2 aromatic rings. The Morgan fingerprint density at radius 1 is 0.522 bits per heavy atom. The summed E-state index contributed by atoms with van der Waals surface area (Å²) in [7, 11) is 0. The van der Waals surface area contributed by atoms with Gasteiger partial charge in [-0.2, -0.15) is 26.3 Å². The van der Waals surface area contributed by atoms with Crippen LogP contribution in [0.1, 0.15) is 11.1 Å². The minimum atomic E-state index is -5.70. The number of hydrogen-bond acceptors (Lipinski definition) is 2. The van der Waals surface area contributed by atoms with Crippen molar-refractivity contribution < 1.29 is 36.6 Å². The van der Waals surface area contributed by atoms with E-state index in [1.807, 2.05) is 0 Å². The molecule has 124 valence electrons. The van der Waals surface area contributed by atoms with Crippen molar-refractivity contribution in [3.05, 3.63) is 59.7 Å². The molecule has 0 aliphatic carbocycles. The summed E-state index contributed by atoms with van der Waals surface area (Å²) in [6, 6.07) is 5.30. The van der Waals surface area contributed by atoms with Gasteiger partial charge in [0.2, 0.25) is 5.41 Å². The molecule has 2 N–H and O–H groups in total. The lowest BCUT2D eigenvalue weighted by molar-refractivity contribution is -0.288. The number of benzene rings is 2. The van der Waals surface area contributed by atoms with E-state index < -0.39 is 40.4 Å². The molecule has 0 heterocycles. The number of hydrogen-bond donors (Lipinski definition) is 2. The molecule has 0 saturated carbocycles. The van der Waals surface area contributed by atoms with Gasteiger partial charge in [-0.15, -0.1) is 0 Å². The molecule has 0 amide bonds. The minimum absolute atomic E-state index is 0.460. The second-order valence-corrected chi connectivity index (χ2v) is 4.84. The summed E-state index contributed by atoms with van der Waals surface area (Å²) in [4.78, 5) is 0. The van der Waals surface area contributed by atoms with Crippen molar-refractivity contribution in [3.8, 4) is 11.5 Å². The van der Waals surface area contributed by atoms with Gasteiger partial charge in [-0.05, 0) is 35.4 Å². The van der Waals surface area contributed by atoms with Crippen LogP contribution in [0, 0.1) is 0 Å². The van der Waals surface area contributed by atoms with Crippen LogP contribution >= 0.6 is 0 Å². The summed E-state index contributed by atoms with van der Waals surface area (Å²) in [5.41, 5.74) is -6.44. The van der Waals surface area contributed by atoms with Crippen molar-refractivity contribution in [1.29, 1.82) is 0 Å². The van der Waals surface area contributed by atoms with Crippen LogP contribution in [0.4, 0.5) is 26.3 Å². The fourth-order valence-electron chi connectivity index (χ4n) is 2.40. The molecule has 0 aliphatic rings. The van der Waals surface area contributed by atoms with Gasteiger partial charge >= 0.3 is 12.4 Å². The summed E-state index contributed by atoms with van der Waals surface area (Å²) in [5.74, 6) is -0.921. The predicted octanol–water partition coefficient (Wildman–Crippen LogP) is 4.51. The number of aromatic hydroxyl groups is 2. The van der Waals surface area contributed by atoms with Crippen LogP contribution in [0.2, 0.25) is 0 Å². The van der Waals surface area contributed by atoms with Gasteiger partial charge in [-0.1, -0.05) is 24.3 Å². The average Bonchev–Trinajstić information content (AvgIpc) is 2.40. The molecule has 0 atom stereocenters. The van der Waals surface area contributed by atoms with Gasteiger partial charge in [-0.25, -0.2) is 0 Å². The Hall–Kier alpha value is -2.38. The fraction of sp³-hybridized carbons (Fsp3) is 0.200. The zero-order valence-electron chi connectivity index (χ0n) is 11.3. The lowest BCUT2D eigenvalue weighted by atomic mass is 10.0. The van der Waals surface area contributed by atoms with E-state index in [4.69, 9.17) is 10.2 Å². The first kappa shape index (κ1) is 17.0. The van der Waals surface area contributed by atoms with Crippen LogP contribution in [-0.2, 0) is 5.41 Å².